The van der Waals surface area contributed by atoms with Crippen molar-refractivity contribution in [2.45, 2.75) is 64.1 Å². The lowest BCUT2D eigenvalue weighted by atomic mass is 9.66. The largest absolute Gasteiger partial charge is 0.466 e. The summed E-state index contributed by atoms with van der Waals surface area (Å²) in [4.78, 5) is 21.1. The van der Waals surface area contributed by atoms with E-state index in [1.54, 1.807) is 19.4 Å². The fraction of sp³-hybridized carbons (Fsp3) is 0.542. The predicted molar refractivity (Wildman–Crippen MR) is 130 cm³/mol. The quantitative estimate of drug-likeness (QED) is 0.243. The van der Waals surface area contributed by atoms with Crippen molar-refractivity contribution in [1.82, 2.24) is 24.3 Å². The molecule has 1 fully saturated rings. The first-order valence-electron chi connectivity index (χ1n) is 11.7. The van der Waals surface area contributed by atoms with Crippen LogP contribution in [0.15, 0.2) is 31.0 Å². The molecule has 3 aromatic rings. The monoisotopic (exact) mass is 480 g/mol. The summed E-state index contributed by atoms with van der Waals surface area (Å²) in [6.45, 7) is 10.4. The molecule has 0 aliphatic heterocycles. The SMILES string of the molecule is CCOC(=O)C1CC(CC#N)(n2cc(-c3ncnc4c3ccn4COCC[Si](C)(C)C)cn2)C1. The second-order valence-corrected chi connectivity index (χ2v) is 15.8. The van der Waals surface area contributed by atoms with Crippen molar-refractivity contribution in [3.8, 4) is 17.3 Å². The first-order chi connectivity index (χ1) is 16.3. The van der Waals surface area contributed by atoms with Crippen molar-refractivity contribution in [3.05, 3.63) is 31.0 Å². The van der Waals surface area contributed by atoms with Gasteiger partial charge >= 0.3 is 5.97 Å². The molecular weight excluding hydrogens is 448 g/mol. The molecule has 0 N–H and O–H groups in total. The van der Waals surface area contributed by atoms with Gasteiger partial charge < -0.3 is 14.0 Å². The fourth-order valence-electron chi connectivity index (χ4n) is 4.43. The van der Waals surface area contributed by atoms with Gasteiger partial charge in [0.2, 0.25) is 0 Å². The lowest BCUT2D eigenvalue weighted by molar-refractivity contribution is -0.156. The van der Waals surface area contributed by atoms with Gasteiger partial charge in [0.1, 0.15) is 18.7 Å². The maximum absolute atomic E-state index is 12.1. The summed E-state index contributed by atoms with van der Waals surface area (Å²) in [5, 5.41) is 14.9. The minimum absolute atomic E-state index is 0.193. The summed E-state index contributed by atoms with van der Waals surface area (Å²) in [5.74, 6) is -0.393. The number of nitriles is 1. The fourth-order valence-corrected chi connectivity index (χ4v) is 5.18. The van der Waals surface area contributed by atoms with Gasteiger partial charge in [-0.2, -0.15) is 10.4 Å². The van der Waals surface area contributed by atoms with Gasteiger partial charge in [-0.05, 0) is 31.9 Å². The Bertz CT molecular complexity index is 1200. The maximum Gasteiger partial charge on any atom is 0.309 e. The molecule has 3 heterocycles. The van der Waals surface area contributed by atoms with E-state index in [-0.39, 0.29) is 18.3 Å². The first kappa shape index (κ1) is 24.1. The summed E-state index contributed by atoms with van der Waals surface area (Å²) < 4.78 is 14.9. The van der Waals surface area contributed by atoms with Gasteiger partial charge in [-0.3, -0.25) is 9.48 Å². The van der Waals surface area contributed by atoms with Crippen molar-refractivity contribution in [2.24, 2.45) is 5.92 Å². The van der Waals surface area contributed by atoms with E-state index < -0.39 is 13.6 Å². The van der Waals surface area contributed by atoms with Crippen LogP contribution in [0.2, 0.25) is 25.7 Å². The molecule has 0 atom stereocenters. The average Bonchev–Trinajstić information content (AvgIpc) is 3.40. The maximum atomic E-state index is 12.1. The summed E-state index contributed by atoms with van der Waals surface area (Å²) >= 11 is 0. The van der Waals surface area contributed by atoms with Gasteiger partial charge in [0.25, 0.3) is 0 Å². The number of nitrogens with zero attached hydrogens (tertiary/aromatic N) is 6. The number of ether oxygens (including phenoxy) is 2. The average molecular weight is 481 g/mol. The van der Waals surface area contributed by atoms with Crippen molar-refractivity contribution in [3.63, 3.8) is 0 Å². The number of carbonyl (C=O) groups excluding carboxylic acids is 1. The third-order valence-corrected chi connectivity index (χ3v) is 8.11. The third kappa shape index (κ3) is 4.90. The van der Waals surface area contributed by atoms with Gasteiger partial charge in [-0.1, -0.05) is 19.6 Å². The lowest BCUT2D eigenvalue weighted by Crippen LogP contribution is -2.49. The molecule has 1 aliphatic rings. The molecule has 10 heteroatoms. The normalized spacial score (nSPS) is 20.1. The number of hydrogen-bond donors (Lipinski definition) is 0. The van der Waals surface area contributed by atoms with Gasteiger partial charge in [-0.15, -0.1) is 0 Å². The molecule has 0 aromatic carbocycles. The summed E-state index contributed by atoms with van der Waals surface area (Å²) in [6, 6.07) is 5.38. The zero-order valence-corrected chi connectivity index (χ0v) is 21.3. The van der Waals surface area contributed by atoms with E-state index >= 15 is 0 Å². The van der Waals surface area contributed by atoms with Crippen molar-refractivity contribution >= 4 is 25.1 Å². The summed E-state index contributed by atoms with van der Waals surface area (Å²) in [5.41, 5.74) is 1.95. The molecule has 0 bridgehead atoms. The Morgan fingerprint density at radius 3 is 2.82 bits per heavy atom. The first-order valence-corrected chi connectivity index (χ1v) is 15.4. The Hall–Kier alpha value is -3.03. The Morgan fingerprint density at radius 2 is 2.12 bits per heavy atom. The number of rotatable bonds is 10. The standard InChI is InChI=1S/C24H32N6O3Si/c1-5-33-23(31)18-12-24(13-18,7-8-25)30-15-19(14-28-30)21-20-6-9-29(22(20)27-16-26-21)17-32-10-11-34(2,3)4/h6,9,14-16,18H,5,7,10-13,17H2,1-4H3. The highest BCUT2D eigenvalue weighted by molar-refractivity contribution is 6.76. The number of esters is 1. The molecule has 1 saturated carbocycles. The van der Waals surface area contributed by atoms with E-state index in [1.807, 2.05) is 27.7 Å². The van der Waals surface area contributed by atoms with E-state index in [1.165, 1.54) is 0 Å². The van der Waals surface area contributed by atoms with E-state index in [4.69, 9.17) is 9.47 Å². The van der Waals surface area contributed by atoms with Crippen LogP contribution in [0.5, 0.6) is 0 Å². The van der Waals surface area contributed by atoms with Crippen molar-refractivity contribution < 1.29 is 14.3 Å². The van der Waals surface area contributed by atoms with Gasteiger partial charge in [0, 0.05) is 38.0 Å². The Balaban J connectivity index is 1.52. The van der Waals surface area contributed by atoms with Gasteiger partial charge in [0.05, 0.1) is 42.4 Å². The molecule has 0 amide bonds. The highest BCUT2D eigenvalue weighted by atomic mass is 28.3. The second kappa shape index (κ2) is 9.68. The number of hydrogen-bond acceptors (Lipinski definition) is 7. The highest BCUT2D eigenvalue weighted by Crippen LogP contribution is 2.47. The summed E-state index contributed by atoms with van der Waals surface area (Å²) in [6.07, 6.45) is 8.58. The van der Waals surface area contributed by atoms with Crippen molar-refractivity contribution in [2.75, 3.05) is 13.2 Å². The molecule has 180 valence electrons. The van der Waals surface area contributed by atoms with Crippen LogP contribution in [-0.2, 0) is 26.5 Å². The number of aromatic nitrogens is 5. The van der Waals surface area contributed by atoms with E-state index in [0.29, 0.717) is 26.2 Å². The molecule has 9 nitrogen and oxygen atoms in total. The Morgan fingerprint density at radius 1 is 1.32 bits per heavy atom. The van der Waals surface area contributed by atoms with E-state index in [9.17, 15) is 10.1 Å². The lowest BCUT2D eigenvalue weighted by Gasteiger charge is -2.45. The van der Waals surface area contributed by atoms with Crippen LogP contribution in [0.3, 0.4) is 0 Å². The predicted octanol–water partition coefficient (Wildman–Crippen LogP) is 4.19. The molecule has 0 radical (unpaired) electrons. The minimum atomic E-state index is -1.13. The molecule has 0 unspecified atom stereocenters. The number of carbonyl (C=O) groups is 1. The third-order valence-electron chi connectivity index (χ3n) is 6.41. The van der Waals surface area contributed by atoms with Crippen LogP contribution in [0, 0.1) is 17.2 Å². The highest BCUT2D eigenvalue weighted by Gasteiger charge is 2.50. The van der Waals surface area contributed by atoms with Crippen LogP contribution in [0.1, 0.15) is 26.2 Å². The minimum Gasteiger partial charge on any atom is -0.466 e. The van der Waals surface area contributed by atoms with Crippen LogP contribution >= 0.6 is 0 Å². The molecular formula is C24H32N6O3Si. The molecule has 3 aromatic heterocycles. The Kier molecular flexibility index (Phi) is 6.86. The molecule has 0 spiro atoms. The topological polar surface area (TPSA) is 108 Å². The van der Waals surface area contributed by atoms with E-state index in [2.05, 4.69) is 40.8 Å². The molecule has 0 saturated heterocycles. The van der Waals surface area contributed by atoms with E-state index in [0.717, 1.165) is 34.9 Å². The summed E-state index contributed by atoms with van der Waals surface area (Å²) in [7, 11) is -1.13. The number of fused-ring (bicyclic) bond motifs is 1. The smallest absolute Gasteiger partial charge is 0.309 e. The molecule has 1 aliphatic carbocycles. The molecule has 34 heavy (non-hydrogen) atoms. The van der Waals surface area contributed by atoms with Crippen LogP contribution in [-0.4, -0.2) is 51.6 Å². The Labute approximate surface area is 200 Å². The zero-order chi connectivity index (χ0) is 24.3. The second-order valence-electron chi connectivity index (χ2n) is 10.2. The van der Waals surface area contributed by atoms with Gasteiger partial charge in [-0.25, -0.2) is 9.97 Å². The van der Waals surface area contributed by atoms with Crippen LogP contribution in [0.4, 0.5) is 0 Å². The van der Waals surface area contributed by atoms with Crippen LogP contribution in [0.25, 0.3) is 22.3 Å². The van der Waals surface area contributed by atoms with Crippen molar-refractivity contribution in [1.29, 1.82) is 5.26 Å². The zero-order valence-electron chi connectivity index (χ0n) is 20.3. The van der Waals surface area contributed by atoms with Crippen LogP contribution < -0.4 is 0 Å². The molecule has 4 rings (SSSR count). The van der Waals surface area contributed by atoms with Gasteiger partial charge in [0.15, 0.2) is 0 Å².